The summed E-state index contributed by atoms with van der Waals surface area (Å²) in [5.74, 6) is -0.181. The van der Waals surface area contributed by atoms with Crippen molar-refractivity contribution < 1.29 is 19.1 Å². The Hall–Kier alpha value is -1.65. The molecular weight excluding hydrogens is 276 g/mol. The van der Waals surface area contributed by atoms with Crippen molar-refractivity contribution in [1.82, 2.24) is 0 Å². The van der Waals surface area contributed by atoms with Gasteiger partial charge in [-0.15, -0.1) is 0 Å². The minimum absolute atomic E-state index is 0.187. The Morgan fingerprint density at radius 2 is 2.12 bits per heavy atom. The maximum atomic E-state index is 11.3. The second-order valence-corrected chi connectivity index (χ2v) is 3.64. The van der Waals surface area contributed by atoms with Gasteiger partial charge >= 0.3 is 11.7 Å². The summed E-state index contributed by atoms with van der Waals surface area (Å²) in [6.07, 6.45) is 0. The minimum Gasteiger partial charge on any atom is -0.497 e. The van der Waals surface area contributed by atoms with Gasteiger partial charge in [0.2, 0.25) is 0 Å². The minimum atomic E-state index is -0.726. The van der Waals surface area contributed by atoms with E-state index in [4.69, 9.17) is 10.3 Å². The molecule has 0 atom stereocenters. The first-order valence-corrected chi connectivity index (χ1v) is 5.07. The largest absolute Gasteiger partial charge is 0.497 e. The molecule has 0 N–H and O–H groups in total. The highest BCUT2D eigenvalue weighted by atomic mass is 79.9. The van der Waals surface area contributed by atoms with Gasteiger partial charge in [-0.2, -0.15) is 4.79 Å². The molecule has 0 radical (unpaired) electrons. The molecule has 0 aliphatic carbocycles. The Morgan fingerprint density at radius 1 is 1.44 bits per heavy atom. The molecule has 0 heterocycles. The molecule has 0 saturated carbocycles. The number of nitrogens with zero attached hydrogens (tertiary/aromatic N) is 2. The quantitative estimate of drug-likeness (QED) is 0.367. The second-order valence-electron chi connectivity index (χ2n) is 2.79. The van der Waals surface area contributed by atoms with Crippen LogP contribution in [-0.4, -0.2) is 30.7 Å². The molecule has 16 heavy (non-hydrogen) atoms. The number of carbonyl (C=O) groups is 1. The number of ether oxygens (including phenoxy) is 2. The molecule has 0 bridgehead atoms. The van der Waals surface area contributed by atoms with Gasteiger partial charge in [-0.1, -0.05) is 0 Å². The second kappa shape index (κ2) is 5.44. The van der Waals surface area contributed by atoms with Crippen LogP contribution >= 0.6 is 15.9 Å². The number of carbonyl (C=O) groups excluding carboxylic acids is 1. The predicted octanol–water partition coefficient (Wildman–Crippen LogP) is 1.65. The Morgan fingerprint density at radius 3 is 2.62 bits per heavy atom. The van der Waals surface area contributed by atoms with Gasteiger partial charge < -0.3 is 15.0 Å². The summed E-state index contributed by atoms with van der Waals surface area (Å²) in [5.41, 5.74) is 9.00. The molecule has 0 saturated heterocycles. The molecule has 0 amide bonds. The first-order valence-electron chi connectivity index (χ1n) is 4.28. The Labute approximate surface area is 101 Å². The topological polar surface area (TPSA) is 71.9 Å². The standard InChI is InChI=1S/C10H9BrN2O3/c1-15-6-3-4-8(11)7(5-6)9(13-12)10(14)16-2/h3-5H,1-2H3. The molecule has 84 valence electrons. The zero-order valence-corrected chi connectivity index (χ0v) is 10.3. The van der Waals surface area contributed by atoms with E-state index in [2.05, 4.69) is 25.5 Å². The average molecular weight is 285 g/mol. The molecule has 1 aromatic rings. The number of halogens is 1. The van der Waals surface area contributed by atoms with Crippen LogP contribution in [0.4, 0.5) is 0 Å². The van der Waals surface area contributed by atoms with E-state index in [1.165, 1.54) is 14.2 Å². The smallest absolute Gasteiger partial charge is 0.422 e. The summed E-state index contributed by atoms with van der Waals surface area (Å²) >= 11 is 3.24. The maximum Gasteiger partial charge on any atom is 0.422 e. The zero-order chi connectivity index (χ0) is 12.1. The number of hydrogen-bond acceptors (Lipinski definition) is 3. The number of benzene rings is 1. The van der Waals surface area contributed by atoms with Crippen molar-refractivity contribution in [2.24, 2.45) is 0 Å². The van der Waals surface area contributed by atoms with E-state index < -0.39 is 5.97 Å². The van der Waals surface area contributed by atoms with Crippen LogP contribution in [0.2, 0.25) is 0 Å². The van der Waals surface area contributed by atoms with Crippen LogP contribution < -0.4 is 4.74 Å². The first kappa shape index (κ1) is 12.4. The SMILES string of the molecule is COC(=O)C(=[N+]=[N-])c1cc(OC)ccc1Br. The van der Waals surface area contributed by atoms with E-state index >= 15 is 0 Å². The Balaban J connectivity index is 3.30. The molecule has 6 heteroatoms. The van der Waals surface area contributed by atoms with Crippen molar-refractivity contribution in [3.63, 3.8) is 0 Å². The van der Waals surface area contributed by atoms with Crippen LogP contribution in [0.1, 0.15) is 5.56 Å². The molecule has 0 aliphatic heterocycles. The van der Waals surface area contributed by atoms with Gasteiger partial charge in [0.1, 0.15) is 5.75 Å². The number of rotatable bonds is 3. The van der Waals surface area contributed by atoms with E-state index in [1.807, 2.05) is 0 Å². The molecule has 0 unspecified atom stereocenters. The summed E-state index contributed by atoms with van der Waals surface area (Å²) in [6.45, 7) is 0. The van der Waals surface area contributed by atoms with Gasteiger partial charge in [0.25, 0.3) is 0 Å². The van der Waals surface area contributed by atoms with E-state index in [0.29, 0.717) is 15.8 Å². The van der Waals surface area contributed by atoms with Crippen molar-refractivity contribution >= 4 is 27.6 Å². The molecule has 0 aromatic heterocycles. The Bertz CT molecular complexity index is 467. The fourth-order valence-electron chi connectivity index (χ4n) is 1.11. The fourth-order valence-corrected chi connectivity index (χ4v) is 1.55. The monoisotopic (exact) mass is 284 g/mol. The number of esters is 1. The summed E-state index contributed by atoms with van der Waals surface area (Å²) in [6, 6.07) is 4.96. The first-order chi connectivity index (χ1) is 7.63. The van der Waals surface area contributed by atoms with Crippen LogP contribution in [0.25, 0.3) is 5.53 Å². The lowest BCUT2D eigenvalue weighted by Crippen LogP contribution is -2.18. The van der Waals surface area contributed by atoms with Crippen LogP contribution in [0.3, 0.4) is 0 Å². The molecular formula is C10H9BrN2O3. The summed E-state index contributed by atoms with van der Waals surface area (Å²) < 4.78 is 10.1. The lowest BCUT2D eigenvalue weighted by molar-refractivity contribution is -0.137. The maximum absolute atomic E-state index is 11.3. The van der Waals surface area contributed by atoms with Gasteiger partial charge in [-0.25, -0.2) is 4.79 Å². The van der Waals surface area contributed by atoms with Gasteiger partial charge in [-0.3, -0.25) is 0 Å². The van der Waals surface area contributed by atoms with E-state index in [9.17, 15) is 4.79 Å². The van der Waals surface area contributed by atoms with Crippen LogP contribution in [0.15, 0.2) is 22.7 Å². The fraction of sp³-hybridized carbons (Fsp3) is 0.200. The molecule has 0 spiro atoms. The van der Waals surface area contributed by atoms with Gasteiger partial charge in [0.15, 0.2) is 0 Å². The summed E-state index contributed by atoms with van der Waals surface area (Å²) in [4.78, 5) is 14.2. The highest BCUT2D eigenvalue weighted by Gasteiger charge is 2.26. The molecule has 1 aromatic carbocycles. The Kier molecular flexibility index (Phi) is 4.22. The molecule has 0 aliphatic rings. The van der Waals surface area contributed by atoms with Crippen LogP contribution in [-0.2, 0) is 9.53 Å². The average Bonchev–Trinajstić information content (AvgIpc) is 2.32. The third-order valence-electron chi connectivity index (χ3n) is 1.91. The zero-order valence-electron chi connectivity index (χ0n) is 8.73. The van der Waals surface area contributed by atoms with E-state index in [-0.39, 0.29) is 5.71 Å². The van der Waals surface area contributed by atoms with Crippen LogP contribution in [0.5, 0.6) is 5.75 Å². The van der Waals surface area contributed by atoms with Crippen molar-refractivity contribution in [2.75, 3.05) is 14.2 Å². The predicted molar refractivity (Wildman–Crippen MR) is 60.4 cm³/mol. The van der Waals surface area contributed by atoms with Gasteiger partial charge in [0.05, 0.1) is 19.8 Å². The number of hydrogen-bond donors (Lipinski definition) is 0. The van der Waals surface area contributed by atoms with E-state index in [0.717, 1.165) is 0 Å². The summed E-state index contributed by atoms with van der Waals surface area (Å²) in [5, 5.41) is 0. The lowest BCUT2D eigenvalue weighted by Gasteiger charge is -2.03. The molecule has 5 nitrogen and oxygen atoms in total. The lowest BCUT2D eigenvalue weighted by atomic mass is 10.1. The highest BCUT2D eigenvalue weighted by molar-refractivity contribution is 9.10. The molecule has 0 fully saturated rings. The normalized spacial score (nSPS) is 9.19. The third-order valence-corrected chi connectivity index (χ3v) is 2.60. The van der Waals surface area contributed by atoms with Crippen molar-refractivity contribution in [3.05, 3.63) is 33.8 Å². The van der Waals surface area contributed by atoms with Crippen molar-refractivity contribution in [3.8, 4) is 5.75 Å². The third kappa shape index (κ3) is 2.48. The van der Waals surface area contributed by atoms with E-state index in [1.54, 1.807) is 18.2 Å². The van der Waals surface area contributed by atoms with Crippen molar-refractivity contribution in [1.29, 1.82) is 0 Å². The van der Waals surface area contributed by atoms with Gasteiger partial charge in [-0.05, 0) is 34.1 Å². The van der Waals surface area contributed by atoms with Crippen molar-refractivity contribution in [2.45, 2.75) is 0 Å². The van der Waals surface area contributed by atoms with Crippen LogP contribution in [0, 0.1) is 0 Å². The molecule has 1 rings (SSSR count). The summed E-state index contributed by atoms with van der Waals surface area (Å²) in [7, 11) is 2.71. The highest BCUT2D eigenvalue weighted by Crippen LogP contribution is 2.22. The number of methoxy groups -OCH3 is 2. The van der Waals surface area contributed by atoms with Gasteiger partial charge in [0, 0.05) is 4.47 Å².